The van der Waals surface area contributed by atoms with Gasteiger partial charge in [0.25, 0.3) is 5.91 Å². The molecule has 29 heavy (non-hydrogen) atoms. The lowest BCUT2D eigenvalue weighted by Crippen LogP contribution is -2.50. The molecule has 0 aliphatic rings. The van der Waals surface area contributed by atoms with Crippen molar-refractivity contribution < 1.29 is 19.1 Å². The van der Waals surface area contributed by atoms with Gasteiger partial charge in [-0.25, -0.2) is 0 Å². The van der Waals surface area contributed by atoms with Gasteiger partial charge in [-0.2, -0.15) is 0 Å². The number of rotatable bonds is 9. The van der Waals surface area contributed by atoms with E-state index in [4.69, 9.17) is 21.1 Å². The molecule has 7 heteroatoms. The van der Waals surface area contributed by atoms with Crippen LogP contribution in [0.1, 0.15) is 36.2 Å². The van der Waals surface area contributed by atoms with Gasteiger partial charge in [0, 0.05) is 17.1 Å². The maximum absolute atomic E-state index is 12.8. The van der Waals surface area contributed by atoms with Gasteiger partial charge in [0.15, 0.2) is 11.5 Å². The smallest absolute Gasteiger partial charge is 0.251 e. The van der Waals surface area contributed by atoms with Gasteiger partial charge in [0.1, 0.15) is 6.04 Å². The number of carbonyl (C=O) groups is 2. The van der Waals surface area contributed by atoms with Crippen molar-refractivity contribution in [3.8, 4) is 11.5 Å². The standard InChI is InChI=1S/C22H27ClN2O4/c1-5-14(2)20(25-21(26)16-7-9-17(23)10-8-16)22(27)24-13-15-6-11-18(28-3)19(12-15)29-4/h6-12,14,20H,5,13H2,1-4H3,(H,24,27)(H,25,26)/t14-,20-/m0/s1. The summed E-state index contributed by atoms with van der Waals surface area (Å²) in [6.07, 6.45) is 0.745. The van der Waals surface area contributed by atoms with E-state index in [2.05, 4.69) is 10.6 Å². The van der Waals surface area contributed by atoms with E-state index in [1.807, 2.05) is 26.0 Å². The first-order valence-corrected chi connectivity index (χ1v) is 9.82. The van der Waals surface area contributed by atoms with Gasteiger partial charge in [-0.15, -0.1) is 0 Å². The number of hydrogen-bond acceptors (Lipinski definition) is 4. The molecule has 0 aromatic heterocycles. The highest BCUT2D eigenvalue weighted by molar-refractivity contribution is 6.30. The predicted octanol–water partition coefficient (Wildman–Crippen LogP) is 3.82. The number of hydrogen-bond donors (Lipinski definition) is 2. The summed E-state index contributed by atoms with van der Waals surface area (Å²) >= 11 is 5.87. The van der Waals surface area contributed by atoms with Crippen LogP contribution in [0.25, 0.3) is 0 Å². The average molecular weight is 419 g/mol. The first-order chi connectivity index (χ1) is 13.9. The summed E-state index contributed by atoms with van der Waals surface area (Å²) in [5.41, 5.74) is 1.32. The Labute approximate surface area is 176 Å². The highest BCUT2D eigenvalue weighted by Crippen LogP contribution is 2.27. The minimum Gasteiger partial charge on any atom is -0.493 e. The fourth-order valence-electron chi connectivity index (χ4n) is 2.82. The Morgan fingerprint density at radius 3 is 2.28 bits per heavy atom. The molecule has 0 radical (unpaired) electrons. The Morgan fingerprint density at radius 2 is 1.69 bits per heavy atom. The monoisotopic (exact) mass is 418 g/mol. The second-order valence-electron chi connectivity index (χ2n) is 6.75. The molecule has 2 amide bonds. The molecule has 0 aliphatic heterocycles. The second-order valence-corrected chi connectivity index (χ2v) is 7.19. The fraction of sp³-hybridized carbons (Fsp3) is 0.364. The van der Waals surface area contributed by atoms with Crippen molar-refractivity contribution in [2.75, 3.05) is 14.2 Å². The molecule has 2 aromatic carbocycles. The third-order valence-corrected chi connectivity index (χ3v) is 5.06. The summed E-state index contributed by atoms with van der Waals surface area (Å²) in [5, 5.41) is 6.29. The van der Waals surface area contributed by atoms with Crippen LogP contribution in [0.2, 0.25) is 5.02 Å². The van der Waals surface area contributed by atoms with Crippen LogP contribution in [-0.4, -0.2) is 32.1 Å². The van der Waals surface area contributed by atoms with Crippen LogP contribution >= 0.6 is 11.6 Å². The van der Waals surface area contributed by atoms with Crippen molar-refractivity contribution in [3.63, 3.8) is 0 Å². The first-order valence-electron chi connectivity index (χ1n) is 9.44. The van der Waals surface area contributed by atoms with Gasteiger partial charge in [0.2, 0.25) is 5.91 Å². The fourth-order valence-corrected chi connectivity index (χ4v) is 2.94. The molecule has 0 spiro atoms. The number of methoxy groups -OCH3 is 2. The topological polar surface area (TPSA) is 76.7 Å². The van der Waals surface area contributed by atoms with E-state index in [1.54, 1.807) is 44.6 Å². The molecule has 2 atom stereocenters. The van der Waals surface area contributed by atoms with E-state index in [9.17, 15) is 9.59 Å². The van der Waals surface area contributed by atoms with Crippen LogP contribution < -0.4 is 20.1 Å². The molecular weight excluding hydrogens is 392 g/mol. The van der Waals surface area contributed by atoms with Crippen molar-refractivity contribution in [2.24, 2.45) is 5.92 Å². The number of halogens is 1. The SMILES string of the molecule is CC[C@H](C)[C@H](NC(=O)c1ccc(Cl)cc1)C(=O)NCc1ccc(OC)c(OC)c1. The van der Waals surface area contributed by atoms with Gasteiger partial charge < -0.3 is 20.1 Å². The summed E-state index contributed by atoms with van der Waals surface area (Å²) in [7, 11) is 3.13. The molecule has 0 aliphatic carbocycles. The number of ether oxygens (including phenoxy) is 2. The Balaban J connectivity index is 2.07. The van der Waals surface area contributed by atoms with E-state index in [1.165, 1.54) is 0 Å². The molecule has 0 heterocycles. The Hall–Kier alpha value is -2.73. The quantitative estimate of drug-likeness (QED) is 0.649. The first kappa shape index (κ1) is 22.6. The highest BCUT2D eigenvalue weighted by Gasteiger charge is 2.26. The molecule has 2 N–H and O–H groups in total. The zero-order chi connectivity index (χ0) is 21.4. The largest absolute Gasteiger partial charge is 0.493 e. The molecule has 2 rings (SSSR count). The molecule has 0 saturated carbocycles. The maximum Gasteiger partial charge on any atom is 0.251 e. The summed E-state index contributed by atoms with van der Waals surface area (Å²) < 4.78 is 10.5. The lowest BCUT2D eigenvalue weighted by atomic mass is 9.97. The van der Waals surface area contributed by atoms with Crippen LogP contribution in [0.4, 0.5) is 0 Å². The Bertz CT molecular complexity index is 839. The zero-order valence-electron chi connectivity index (χ0n) is 17.1. The molecule has 2 aromatic rings. The van der Waals surface area contributed by atoms with Crippen molar-refractivity contribution in [2.45, 2.75) is 32.9 Å². The molecule has 6 nitrogen and oxygen atoms in total. The van der Waals surface area contributed by atoms with Gasteiger partial charge >= 0.3 is 0 Å². The lowest BCUT2D eigenvalue weighted by molar-refractivity contribution is -0.124. The van der Waals surface area contributed by atoms with Gasteiger partial charge in [0.05, 0.1) is 14.2 Å². The van der Waals surface area contributed by atoms with Crippen molar-refractivity contribution in [1.82, 2.24) is 10.6 Å². The Kier molecular flexibility index (Phi) is 8.34. The minimum absolute atomic E-state index is 0.0309. The van der Waals surface area contributed by atoms with Gasteiger partial charge in [-0.1, -0.05) is 37.9 Å². The molecule has 156 valence electrons. The van der Waals surface area contributed by atoms with E-state index in [-0.39, 0.29) is 17.7 Å². The molecular formula is C22H27ClN2O4. The summed E-state index contributed by atoms with van der Waals surface area (Å²) in [5.74, 6) is 0.630. The van der Waals surface area contributed by atoms with Crippen LogP contribution in [0.5, 0.6) is 11.5 Å². The number of benzene rings is 2. The van der Waals surface area contributed by atoms with Gasteiger partial charge in [-0.05, 0) is 47.9 Å². The van der Waals surface area contributed by atoms with E-state index >= 15 is 0 Å². The van der Waals surface area contributed by atoms with Crippen molar-refractivity contribution in [3.05, 3.63) is 58.6 Å². The molecule has 0 fully saturated rings. The van der Waals surface area contributed by atoms with Crippen LogP contribution in [0.15, 0.2) is 42.5 Å². The maximum atomic E-state index is 12.8. The normalized spacial score (nSPS) is 12.6. The van der Waals surface area contributed by atoms with Gasteiger partial charge in [-0.3, -0.25) is 9.59 Å². The highest BCUT2D eigenvalue weighted by atomic mass is 35.5. The summed E-state index contributed by atoms with van der Waals surface area (Å²) in [6, 6.07) is 11.4. The van der Waals surface area contributed by atoms with Crippen LogP contribution in [0.3, 0.4) is 0 Å². The van der Waals surface area contributed by atoms with Crippen LogP contribution in [0, 0.1) is 5.92 Å². The molecule has 0 bridgehead atoms. The van der Waals surface area contributed by atoms with E-state index < -0.39 is 6.04 Å². The number of amides is 2. The Morgan fingerprint density at radius 1 is 1.03 bits per heavy atom. The average Bonchev–Trinajstić information content (AvgIpc) is 2.75. The third kappa shape index (κ3) is 6.12. The molecule has 0 saturated heterocycles. The number of nitrogens with one attached hydrogen (secondary N) is 2. The predicted molar refractivity (Wildman–Crippen MR) is 114 cm³/mol. The summed E-state index contributed by atoms with van der Waals surface area (Å²) in [4.78, 5) is 25.4. The lowest BCUT2D eigenvalue weighted by Gasteiger charge is -2.23. The van der Waals surface area contributed by atoms with Crippen molar-refractivity contribution >= 4 is 23.4 Å². The number of carbonyl (C=O) groups excluding carboxylic acids is 2. The van der Waals surface area contributed by atoms with E-state index in [0.29, 0.717) is 28.6 Å². The minimum atomic E-state index is -0.650. The summed E-state index contributed by atoms with van der Waals surface area (Å²) in [6.45, 7) is 4.22. The second kappa shape index (κ2) is 10.7. The van der Waals surface area contributed by atoms with E-state index in [0.717, 1.165) is 12.0 Å². The molecule has 0 unspecified atom stereocenters. The zero-order valence-corrected chi connectivity index (χ0v) is 17.9. The van der Waals surface area contributed by atoms with Crippen LogP contribution in [-0.2, 0) is 11.3 Å². The van der Waals surface area contributed by atoms with Crippen molar-refractivity contribution in [1.29, 1.82) is 0 Å². The third-order valence-electron chi connectivity index (χ3n) is 4.80.